The van der Waals surface area contributed by atoms with Gasteiger partial charge in [0, 0.05) is 72.0 Å². The Balaban J connectivity index is 1.40. The first kappa shape index (κ1) is 19.8. The van der Waals surface area contributed by atoms with E-state index >= 15 is 0 Å². The summed E-state index contributed by atoms with van der Waals surface area (Å²) in [5.41, 5.74) is 3.41. The number of hydrogen-bond donors (Lipinski definition) is 2. The van der Waals surface area contributed by atoms with Crippen LogP contribution >= 0.6 is 11.3 Å². The second kappa shape index (κ2) is 8.52. The van der Waals surface area contributed by atoms with Gasteiger partial charge in [-0.05, 0) is 43.5 Å². The van der Waals surface area contributed by atoms with Gasteiger partial charge in [-0.15, -0.1) is 11.3 Å². The summed E-state index contributed by atoms with van der Waals surface area (Å²) < 4.78 is 0. The van der Waals surface area contributed by atoms with Crippen LogP contribution in [-0.2, 0) is 0 Å². The average molecular weight is 429 g/mol. The lowest BCUT2D eigenvalue weighted by Gasteiger charge is -2.31. The highest BCUT2D eigenvalue weighted by Gasteiger charge is 2.14. The Morgan fingerprint density at radius 2 is 2.10 bits per heavy atom. The van der Waals surface area contributed by atoms with Crippen molar-refractivity contribution in [3.63, 3.8) is 0 Å². The Morgan fingerprint density at radius 1 is 1.23 bits per heavy atom. The van der Waals surface area contributed by atoms with E-state index in [1.807, 2.05) is 24.4 Å². The molecule has 4 aromatic rings. The molecule has 7 heteroatoms. The largest absolute Gasteiger partial charge is 0.361 e. The summed E-state index contributed by atoms with van der Waals surface area (Å²) in [4.78, 5) is 14.7. The molecule has 1 aromatic carbocycles. The summed E-state index contributed by atoms with van der Waals surface area (Å²) in [7, 11) is 2.18. The molecular formula is C24H24N6S. The average Bonchev–Trinajstić information content (AvgIpc) is 3.42. The third-order valence-electron chi connectivity index (χ3n) is 5.77. The molecule has 0 aliphatic carbocycles. The number of pyridine rings is 1. The van der Waals surface area contributed by atoms with E-state index in [1.165, 1.54) is 0 Å². The lowest BCUT2D eigenvalue weighted by Crippen LogP contribution is -2.44. The Morgan fingerprint density at radius 3 is 2.94 bits per heavy atom. The number of rotatable bonds is 5. The quantitative estimate of drug-likeness (QED) is 0.484. The summed E-state index contributed by atoms with van der Waals surface area (Å²) in [5.74, 6) is 0. The lowest BCUT2D eigenvalue weighted by atomic mass is 10.1. The van der Waals surface area contributed by atoms with Crippen LogP contribution in [0, 0.1) is 11.3 Å². The number of nitriles is 1. The van der Waals surface area contributed by atoms with Crippen molar-refractivity contribution in [2.45, 2.75) is 0 Å². The van der Waals surface area contributed by atoms with Crippen LogP contribution in [0.25, 0.3) is 27.2 Å². The highest BCUT2D eigenvalue weighted by molar-refractivity contribution is 7.19. The molecule has 3 aromatic heterocycles. The van der Waals surface area contributed by atoms with Gasteiger partial charge >= 0.3 is 0 Å². The minimum absolute atomic E-state index is 0.549. The zero-order valence-corrected chi connectivity index (χ0v) is 18.2. The van der Waals surface area contributed by atoms with Crippen LogP contribution in [0.4, 0.5) is 11.4 Å². The zero-order valence-electron chi connectivity index (χ0n) is 17.4. The van der Waals surface area contributed by atoms with Crippen molar-refractivity contribution in [3.05, 3.63) is 59.2 Å². The standard InChI is InChI=1S/C24H24N6S/c1-29-9-11-30(12-10-29)8-2-3-20-14-21-23(18(15-25)16-27-24(21)31-20)28-19-4-5-22-17(13-19)6-7-26-22/h2-7,13-14,16,26H,8-12H2,1H3,(H,27,28). The Hall–Kier alpha value is -3.18. The molecule has 156 valence electrons. The summed E-state index contributed by atoms with van der Waals surface area (Å²) in [6.45, 7) is 5.43. The lowest BCUT2D eigenvalue weighted by molar-refractivity contribution is 0.167. The molecular weight excluding hydrogens is 404 g/mol. The molecule has 0 amide bonds. The first-order valence-electron chi connectivity index (χ1n) is 10.4. The van der Waals surface area contributed by atoms with E-state index in [0.717, 1.165) is 70.1 Å². The highest BCUT2D eigenvalue weighted by Crippen LogP contribution is 2.35. The van der Waals surface area contributed by atoms with Crippen LogP contribution in [0.2, 0.25) is 0 Å². The van der Waals surface area contributed by atoms with Crippen molar-refractivity contribution >= 4 is 49.9 Å². The molecule has 0 spiro atoms. The third kappa shape index (κ3) is 4.19. The molecule has 1 fully saturated rings. The van der Waals surface area contributed by atoms with Gasteiger partial charge in [0.15, 0.2) is 0 Å². The van der Waals surface area contributed by atoms with Crippen LogP contribution in [-0.4, -0.2) is 59.5 Å². The molecule has 1 saturated heterocycles. The number of fused-ring (bicyclic) bond motifs is 2. The smallest absolute Gasteiger partial charge is 0.125 e. The van der Waals surface area contributed by atoms with Crippen LogP contribution in [0.15, 0.2) is 48.8 Å². The molecule has 0 radical (unpaired) electrons. The van der Waals surface area contributed by atoms with Crippen LogP contribution in [0.5, 0.6) is 0 Å². The second-order valence-electron chi connectivity index (χ2n) is 7.94. The highest BCUT2D eigenvalue weighted by atomic mass is 32.1. The predicted molar refractivity (Wildman–Crippen MR) is 129 cm³/mol. The summed E-state index contributed by atoms with van der Waals surface area (Å²) in [5, 5.41) is 15.2. The van der Waals surface area contributed by atoms with Crippen LogP contribution in [0.3, 0.4) is 0 Å². The monoisotopic (exact) mass is 428 g/mol. The molecule has 0 atom stereocenters. The van der Waals surface area contributed by atoms with E-state index in [4.69, 9.17) is 0 Å². The SMILES string of the molecule is CN1CCN(CC=Cc2cc3c(Nc4ccc5[nH]ccc5c4)c(C#N)cnc3s2)CC1. The van der Waals surface area contributed by atoms with Crippen molar-refractivity contribution in [2.24, 2.45) is 0 Å². The van der Waals surface area contributed by atoms with Gasteiger partial charge in [-0.1, -0.05) is 6.08 Å². The van der Waals surface area contributed by atoms with Crippen LogP contribution < -0.4 is 5.32 Å². The zero-order chi connectivity index (χ0) is 21.2. The molecule has 6 nitrogen and oxygen atoms in total. The normalized spacial score (nSPS) is 15.7. The number of likely N-dealkylation sites (N-methyl/N-ethyl adjacent to an activating group) is 1. The maximum Gasteiger partial charge on any atom is 0.125 e. The Kier molecular flexibility index (Phi) is 5.43. The van der Waals surface area contributed by atoms with E-state index in [2.05, 4.69) is 62.5 Å². The summed E-state index contributed by atoms with van der Waals surface area (Å²) in [6.07, 6.45) is 7.99. The van der Waals surface area contributed by atoms with E-state index in [0.29, 0.717) is 5.56 Å². The number of hydrogen-bond acceptors (Lipinski definition) is 6. The third-order valence-corrected chi connectivity index (χ3v) is 6.77. The second-order valence-corrected chi connectivity index (χ2v) is 9.00. The first-order chi connectivity index (χ1) is 15.2. The first-order valence-corrected chi connectivity index (χ1v) is 11.3. The van der Waals surface area contributed by atoms with Crippen molar-refractivity contribution in [1.82, 2.24) is 19.8 Å². The number of nitrogens with one attached hydrogen (secondary N) is 2. The number of aromatic amines is 1. The molecule has 1 aliphatic rings. The van der Waals surface area contributed by atoms with Gasteiger partial charge in [-0.3, -0.25) is 4.90 Å². The van der Waals surface area contributed by atoms with Crippen LogP contribution in [0.1, 0.15) is 10.4 Å². The molecule has 4 heterocycles. The fourth-order valence-electron chi connectivity index (χ4n) is 3.93. The topological polar surface area (TPSA) is 71.0 Å². The maximum atomic E-state index is 9.65. The number of benzene rings is 1. The summed E-state index contributed by atoms with van der Waals surface area (Å²) >= 11 is 1.65. The van der Waals surface area contributed by atoms with Crippen molar-refractivity contribution in [1.29, 1.82) is 5.26 Å². The molecule has 2 N–H and O–H groups in total. The fourth-order valence-corrected chi connectivity index (χ4v) is 4.87. The Labute approximate surface area is 185 Å². The van der Waals surface area contributed by atoms with E-state index < -0.39 is 0 Å². The van der Waals surface area contributed by atoms with Crippen molar-refractivity contribution in [2.75, 3.05) is 45.1 Å². The molecule has 5 rings (SSSR count). The van der Waals surface area contributed by atoms with Crippen molar-refractivity contribution < 1.29 is 0 Å². The van der Waals surface area contributed by atoms with E-state index in [9.17, 15) is 5.26 Å². The van der Waals surface area contributed by atoms with Gasteiger partial charge in [0.1, 0.15) is 10.9 Å². The van der Waals surface area contributed by atoms with E-state index in [-0.39, 0.29) is 0 Å². The molecule has 0 unspecified atom stereocenters. The predicted octanol–water partition coefficient (Wildman–Crippen LogP) is 4.65. The van der Waals surface area contributed by atoms with Gasteiger partial charge in [0.05, 0.1) is 11.3 Å². The number of nitrogens with zero attached hydrogens (tertiary/aromatic N) is 4. The molecule has 1 aliphatic heterocycles. The number of anilines is 2. The van der Waals surface area contributed by atoms with Gasteiger partial charge in [-0.2, -0.15) is 5.26 Å². The molecule has 0 saturated carbocycles. The molecule has 31 heavy (non-hydrogen) atoms. The van der Waals surface area contributed by atoms with E-state index in [1.54, 1.807) is 17.5 Å². The fraction of sp³-hybridized carbons (Fsp3) is 0.250. The number of aromatic nitrogens is 2. The van der Waals surface area contributed by atoms with Gasteiger partial charge in [0.25, 0.3) is 0 Å². The van der Waals surface area contributed by atoms with Gasteiger partial charge in [-0.25, -0.2) is 4.98 Å². The number of piperazine rings is 1. The minimum Gasteiger partial charge on any atom is -0.361 e. The molecule has 0 bridgehead atoms. The number of H-pyrrole nitrogens is 1. The van der Waals surface area contributed by atoms with Crippen molar-refractivity contribution in [3.8, 4) is 6.07 Å². The minimum atomic E-state index is 0.549. The maximum absolute atomic E-state index is 9.65. The van der Waals surface area contributed by atoms with Gasteiger partial charge in [0.2, 0.25) is 0 Å². The van der Waals surface area contributed by atoms with Gasteiger partial charge < -0.3 is 15.2 Å². The Bertz CT molecular complexity index is 1290. The summed E-state index contributed by atoms with van der Waals surface area (Å²) in [6, 6.07) is 12.6. The number of thiophene rings is 1.